The van der Waals surface area contributed by atoms with Crippen LogP contribution in [-0.4, -0.2) is 49.9 Å². The van der Waals surface area contributed by atoms with Crippen molar-refractivity contribution in [2.45, 2.75) is 81.9 Å². The van der Waals surface area contributed by atoms with Gasteiger partial charge >= 0.3 is 0 Å². The molecule has 4 N–H and O–H groups in total. The molecule has 0 aliphatic heterocycles. The van der Waals surface area contributed by atoms with Crippen molar-refractivity contribution in [3.05, 3.63) is 17.5 Å². The van der Waals surface area contributed by atoms with E-state index in [-0.39, 0.29) is 18.6 Å². The van der Waals surface area contributed by atoms with Crippen molar-refractivity contribution in [1.29, 1.82) is 0 Å². The number of carbonyl (C=O) groups excluding carboxylic acids is 1. The number of aromatic nitrogens is 2. The van der Waals surface area contributed by atoms with Crippen LogP contribution < -0.4 is 10.6 Å². The van der Waals surface area contributed by atoms with Gasteiger partial charge in [0.05, 0.1) is 29.0 Å². The molecular weight excluding hydrogens is 368 g/mol. The van der Waals surface area contributed by atoms with Gasteiger partial charge in [-0.05, 0) is 76.5 Å². The highest BCUT2D eigenvalue weighted by atomic mass is 16.3. The molecule has 1 aromatic heterocycles. The van der Waals surface area contributed by atoms with Gasteiger partial charge in [0.25, 0.3) is 5.91 Å². The molecule has 0 radical (unpaired) electrons. The first-order chi connectivity index (χ1) is 13.8. The number of hydrogen-bond donors (Lipinski definition) is 4. The first kappa shape index (κ1) is 19.2. The molecule has 5 fully saturated rings. The first-order valence-electron chi connectivity index (χ1n) is 11.0. The summed E-state index contributed by atoms with van der Waals surface area (Å²) in [5.41, 5.74) is 0.376. The average Bonchev–Trinajstić information content (AvgIpc) is 3.48. The lowest BCUT2D eigenvalue weighted by Gasteiger charge is -2.58. The summed E-state index contributed by atoms with van der Waals surface area (Å²) in [5, 5.41) is 26.7. The molecule has 0 aromatic carbocycles. The first-order valence-corrected chi connectivity index (χ1v) is 11.0. The molecule has 1 amide bonds. The normalized spacial score (nSPS) is 35.6. The van der Waals surface area contributed by atoms with Crippen LogP contribution in [0.5, 0.6) is 0 Å². The number of rotatable bonds is 6. The van der Waals surface area contributed by atoms with Gasteiger partial charge in [-0.2, -0.15) is 0 Å². The van der Waals surface area contributed by atoms with Crippen molar-refractivity contribution >= 4 is 11.9 Å². The molecule has 7 nitrogen and oxygen atoms in total. The van der Waals surface area contributed by atoms with Crippen LogP contribution in [0.25, 0.3) is 0 Å². The molecule has 5 saturated carbocycles. The monoisotopic (exact) mass is 400 g/mol. The summed E-state index contributed by atoms with van der Waals surface area (Å²) in [6, 6.07) is 0.150. The van der Waals surface area contributed by atoms with Gasteiger partial charge in [-0.1, -0.05) is 0 Å². The van der Waals surface area contributed by atoms with E-state index in [4.69, 9.17) is 0 Å². The Labute approximate surface area is 171 Å². The highest BCUT2D eigenvalue weighted by molar-refractivity contribution is 5.95. The number of nitrogens with zero attached hydrogens (tertiary/aromatic N) is 2. The lowest BCUT2D eigenvalue weighted by Crippen LogP contribution is -2.61. The van der Waals surface area contributed by atoms with E-state index in [9.17, 15) is 15.0 Å². The number of amides is 1. The Balaban J connectivity index is 1.35. The predicted molar refractivity (Wildman–Crippen MR) is 109 cm³/mol. The van der Waals surface area contributed by atoms with Crippen LogP contribution in [0, 0.1) is 17.8 Å². The maximum atomic E-state index is 13.2. The standard InChI is InChI=1S/C22H32N4O3/c1-21(2,11-27)26-20-23-10-16(18(25-20)13-3-4-13)19(28)24-17-14-5-12-6-15(17)9-22(29,7-12)8-14/h10,12-15,17,27,29H,3-9,11H2,1-2H3,(H,24,28)(H,23,25,26)/t12?,14-,15+,17?,22?. The third-order valence-corrected chi connectivity index (χ3v) is 7.41. The molecule has 1 aromatic rings. The van der Waals surface area contributed by atoms with Crippen molar-refractivity contribution in [1.82, 2.24) is 15.3 Å². The zero-order valence-corrected chi connectivity index (χ0v) is 17.3. The maximum Gasteiger partial charge on any atom is 0.254 e. The van der Waals surface area contributed by atoms with Crippen molar-refractivity contribution < 1.29 is 15.0 Å². The minimum atomic E-state index is -0.523. The topological polar surface area (TPSA) is 107 Å². The Bertz CT molecular complexity index is 806. The Kier molecular flexibility index (Phi) is 4.41. The van der Waals surface area contributed by atoms with E-state index >= 15 is 0 Å². The summed E-state index contributed by atoms with van der Waals surface area (Å²) in [6.07, 6.45) is 8.54. The molecule has 0 spiro atoms. The molecule has 6 rings (SSSR count). The van der Waals surface area contributed by atoms with E-state index in [1.54, 1.807) is 6.20 Å². The van der Waals surface area contributed by atoms with Gasteiger partial charge < -0.3 is 20.8 Å². The van der Waals surface area contributed by atoms with Gasteiger partial charge in [-0.25, -0.2) is 9.97 Å². The molecule has 1 heterocycles. The number of nitrogens with one attached hydrogen (secondary N) is 2. The van der Waals surface area contributed by atoms with Crippen molar-refractivity contribution in [2.24, 2.45) is 17.8 Å². The molecule has 7 heteroatoms. The Morgan fingerprint density at radius 2 is 1.93 bits per heavy atom. The van der Waals surface area contributed by atoms with Crippen LogP contribution in [0.1, 0.15) is 80.8 Å². The second-order valence-electron chi connectivity index (χ2n) is 10.6. The van der Waals surface area contributed by atoms with Crippen LogP contribution in [0.2, 0.25) is 0 Å². The molecule has 29 heavy (non-hydrogen) atoms. The van der Waals surface area contributed by atoms with Crippen LogP contribution in [0.15, 0.2) is 6.20 Å². The van der Waals surface area contributed by atoms with Crippen LogP contribution in [-0.2, 0) is 0 Å². The summed E-state index contributed by atoms with van der Waals surface area (Å²) in [7, 11) is 0. The molecular formula is C22H32N4O3. The fraction of sp³-hybridized carbons (Fsp3) is 0.773. The van der Waals surface area contributed by atoms with E-state index in [1.807, 2.05) is 13.8 Å². The Hall–Kier alpha value is -1.73. The van der Waals surface area contributed by atoms with E-state index in [1.165, 1.54) is 0 Å². The number of carbonyl (C=O) groups is 1. The quantitative estimate of drug-likeness (QED) is 0.583. The molecule has 5 atom stereocenters. The van der Waals surface area contributed by atoms with Gasteiger partial charge in [0, 0.05) is 18.2 Å². The van der Waals surface area contributed by atoms with Gasteiger partial charge in [-0.3, -0.25) is 4.79 Å². The van der Waals surface area contributed by atoms with Gasteiger partial charge in [0.1, 0.15) is 0 Å². The number of hydrogen-bond acceptors (Lipinski definition) is 6. The van der Waals surface area contributed by atoms with E-state index in [0.717, 1.165) is 50.6 Å². The maximum absolute atomic E-state index is 13.2. The minimum absolute atomic E-state index is 0.0326. The zero-order chi connectivity index (χ0) is 20.4. The molecule has 5 aliphatic carbocycles. The largest absolute Gasteiger partial charge is 0.394 e. The Morgan fingerprint density at radius 1 is 1.24 bits per heavy atom. The van der Waals surface area contributed by atoms with E-state index < -0.39 is 11.1 Å². The van der Waals surface area contributed by atoms with E-state index in [0.29, 0.717) is 35.2 Å². The second kappa shape index (κ2) is 6.64. The van der Waals surface area contributed by atoms with Crippen LogP contribution in [0.4, 0.5) is 5.95 Å². The second-order valence-corrected chi connectivity index (χ2v) is 10.6. The summed E-state index contributed by atoms with van der Waals surface area (Å²) >= 11 is 0. The van der Waals surface area contributed by atoms with Gasteiger partial charge in [0.2, 0.25) is 5.95 Å². The summed E-state index contributed by atoms with van der Waals surface area (Å²) in [4.78, 5) is 22.2. The SMILES string of the molecule is CC(C)(CO)Nc1ncc(C(=O)NC2[C@@H]3CC4C[C@H]2CC(O)(C4)C3)c(C2CC2)n1. The van der Waals surface area contributed by atoms with E-state index in [2.05, 4.69) is 20.6 Å². The van der Waals surface area contributed by atoms with Gasteiger partial charge in [-0.15, -0.1) is 0 Å². The zero-order valence-electron chi connectivity index (χ0n) is 17.3. The van der Waals surface area contributed by atoms with Crippen LogP contribution >= 0.6 is 0 Å². The van der Waals surface area contributed by atoms with Crippen molar-refractivity contribution in [2.75, 3.05) is 11.9 Å². The summed E-state index contributed by atoms with van der Waals surface area (Å²) in [6.45, 7) is 3.73. The lowest BCUT2D eigenvalue weighted by molar-refractivity contribution is -0.136. The van der Waals surface area contributed by atoms with Crippen molar-refractivity contribution in [3.8, 4) is 0 Å². The average molecular weight is 401 g/mol. The summed E-state index contributed by atoms with van der Waals surface area (Å²) < 4.78 is 0. The molecule has 0 saturated heterocycles. The fourth-order valence-corrected chi connectivity index (χ4v) is 6.09. The fourth-order valence-electron chi connectivity index (χ4n) is 6.09. The predicted octanol–water partition coefficient (Wildman–Crippen LogP) is 2.21. The Morgan fingerprint density at radius 3 is 2.52 bits per heavy atom. The van der Waals surface area contributed by atoms with Gasteiger partial charge in [0.15, 0.2) is 0 Å². The smallest absolute Gasteiger partial charge is 0.254 e. The molecule has 4 bridgehead atoms. The number of aliphatic hydroxyl groups excluding tert-OH is 1. The number of anilines is 1. The number of aliphatic hydroxyl groups is 2. The third kappa shape index (κ3) is 3.63. The van der Waals surface area contributed by atoms with Crippen molar-refractivity contribution in [3.63, 3.8) is 0 Å². The molecule has 158 valence electrons. The lowest BCUT2D eigenvalue weighted by atomic mass is 9.52. The third-order valence-electron chi connectivity index (χ3n) is 7.41. The molecule has 3 unspecified atom stereocenters. The van der Waals surface area contributed by atoms with Crippen LogP contribution in [0.3, 0.4) is 0 Å². The minimum Gasteiger partial charge on any atom is -0.394 e. The highest BCUT2D eigenvalue weighted by Crippen LogP contribution is 2.55. The molecule has 5 aliphatic rings. The summed E-state index contributed by atoms with van der Waals surface area (Å²) in [5.74, 6) is 2.08. The highest BCUT2D eigenvalue weighted by Gasteiger charge is 2.55.